The van der Waals surface area contributed by atoms with Crippen molar-refractivity contribution in [3.05, 3.63) is 5.82 Å². The highest BCUT2D eigenvalue weighted by atomic mass is 32.2. The van der Waals surface area contributed by atoms with Crippen LogP contribution >= 0.6 is 11.8 Å². The summed E-state index contributed by atoms with van der Waals surface area (Å²) in [5.74, 6) is 1.87. The first-order chi connectivity index (χ1) is 9.54. The largest absolute Gasteiger partial charge is 0.324 e. The minimum Gasteiger partial charge on any atom is -0.324 e. The molecule has 0 aromatic carbocycles. The number of aromatic nitrogens is 3. The number of hydrogen-bond acceptors (Lipinski definition) is 5. The molecule has 0 bridgehead atoms. The lowest BCUT2D eigenvalue weighted by molar-refractivity contribution is 0.433. The van der Waals surface area contributed by atoms with Crippen molar-refractivity contribution in [1.82, 2.24) is 14.8 Å². The molecule has 112 valence electrons. The first kappa shape index (κ1) is 17.0. The third-order valence-electron chi connectivity index (χ3n) is 3.15. The van der Waals surface area contributed by atoms with Crippen molar-refractivity contribution in [2.45, 2.75) is 64.7 Å². The highest BCUT2D eigenvalue weighted by Crippen LogP contribution is 2.24. The number of nitrogens with two attached hydrogens (primary N) is 1. The summed E-state index contributed by atoms with van der Waals surface area (Å²) in [7, 11) is 0. The predicted octanol–water partition coefficient (Wildman–Crippen LogP) is 2.96. The van der Waals surface area contributed by atoms with Crippen molar-refractivity contribution in [2.24, 2.45) is 11.1 Å². The number of nitriles is 1. The molecule has 0 aliphatic carbocycles. The average molecular weight is 295 g/mol. The number of unbranched alkanes of at least 4 members (excludes halogenated alkanes) is 1. The van der Waals surface area contributed by atoms with Crippen LogP contribution in [0.5, 0.6) is 0 Å². The van der Waals surface area contributed by atoms with Crippen LogP contribution in [0.4, 0.5) is 0 Å². The van der Waals surface area contributed by atoms with E-state index < -0.39 is 0 Å². The standard InChI is InChI=1S/C14H25N5S/c1-4-8-19-12(10-15)17-18-13(19)20-9-6-5-7-14(2,3)11-16/h4-10,15H2,1-3H3. The van der Waals surface area contributed by atoms with Crippen LogP contribution in [0.1, 0.15) is 52.3 Å². The van der Waals surface area contributed by atoms with Crippen LogP contribution in [-0.2, 0) is 13.1 Å². The van der Waals surface area contributed by atoms with E-state index >= 15 is 0 Å². The molecule has 0 unspecified atom stereocenters. The second-order valence-electron chi connectivity index (χ2n) is 5.56. The van der Waals surface area contributed by atoms with Crippen LogP contribution < -0.4 is 5.73 Å². The molecule has 0 radical (unpaired) electrons. The van der Waals surface area contributed by atoms with Crippen LogP contribution in [0.25, 0.3) is 0 Å². The minimum atomic E-state index is -0.209. The molecule has 0 aliphatic rings. The molecule has 1 rings (SSSR count). The Morgan fingerprint density at radius 3 is 2.70 bits per heavy atom. The Kier molecular flexibility index (Phi) is 7.03. The van der Waals surface area contributed by atoms with Gasteiger partial charge in [0, 0.05) is 12.3 Å². The third kappa shape index (κ3) is 5.14. The molecular formula is C14H25N5S. The molecule has 0 saturated carbocycles. The summed E-state index contributed by atoms with van der Waals surface area (Å²) in [5, 5.41) is 18.3. The van der Waals surface area contributed by atoms with Gasteiger partial charge in [-0.05, 0) is 33.1 Å². The van der Waals surface area contributed by atoms with Gasteiger partial charge in [0.1, 0.15) is 5.82 Å². The van der Waals surface area contributed by atoms with Crippen molar-refractivity contribution in [2.75, 3.05) is 5.75 Å². The molecule has 0 spiro atoms. The van der Waals surface area contributed by atoms with E-state index in [9.17, 15) is 0 Å². The fourth-order valence-corrected chi connectivity index (χ4v) is 2.90. The minimum absolute atomic E-state index is 0.209. The molecule has 0 saturated heterocycles. The molecule has 1 aromatic rings. The van der Waals surface area contributed by atoms with E-state index in [4.69, 9.17) is 11.0 Å². The summed E-state index contributed by atoms with van der Waals surface area (Å²) in [4.78, 5) is 0. The third-order valence-corrected chi connectivity index (χ3v) is 4.21. The van der Waals surface area contributed by atoms with Gasteiger partial charge in [-0.3, -0.25) is 0 Å². The Labute approximate surface area is 125 Å². The Morgan fingerprint density at radius 2 is 2.10 bits per heavy atom. The maximum atomic E-state index is 8.97. The van der Waals surface area contributed by atoms with Crippen molar-refractivity contribution in [1.29, 1.82) is 5.26 Å². The van der Waals surface area contributed by atoms with Gasteiger partial charge in [-0.15, -0.1) is 10.2 Å². The highest BCUT2D eigenvalue weighted by Gasteiger charge is 2.16. The summed E-state index contributed by atoms with van der Waals surface area (Å²) in [6.45, 7) is 7.48. The van der Waals surface area contributed by atoms with Gasteiger partial charge in [0.2, 0.25) is 0 Å². The maximum absolute atomic E-state index is 8.97. The molecular weight excluding hydrogens is 270 g/mol. The van der Waals surface area contributed by atoms with Gasteiger partial charge in [0.25, 0.3) is 0 Å². The second-order valence-corrected chi connectivity index (χ2v) is 6.62. The molecule has 0 amide bonds. The smallest absolute Gasteiger partial charge is 0.191 e. The summed E-state index contributed by atoms with van der Waals surface area (Å²) in [6.07, 6.45) is 4.15. The van der Waals surface area contributed by atoms with E-state index in [0.29, 0.717) is 6.54 Å². The molecule has 2 N–H and O–H groups in total. The van der Waals surface area contributed by atoms with Gasteiger partial charge in [-0.2, -0.15) is 5.26 Å². The second kappa shape index (κ2) is 8.28. The normalized spacial score (nSPS) is 11.6. The number of nitrogens with zero attached hydrogens (tertiary/aromatic N) is 4. The molecule has 0 fully saturated rings. The van der Waals surface area contributed by atoms with E-state index in [2.05, 4.69) is 27.8 Å². The van der Waals surface area contributed by atoms with Crippen molar-refractivity contribution in [3.63, 3.8) is 0 Å². The topological polar surface area (TPSA) is 80.5 Å². The van der Waals surface area contributed by atoms with E-state index in [1.165, 1.54) is 0 Å². The van der Waals surface area contributed by atoms with Gasteiger partial charge < -0.3 is 10.3 Å². The quantitative estimate of drug-likeness (QED) is 0.559. The van der Waals surface area contributed by atoms with Crippen LogP contribution in [0.2, 0.25) is 0 Å². The zero-order valence-corrected chi connectivity index (χ0v) is 13.5. The first-order valence-corrected chi connectivity index (χ1v) is 8.19. The van der Waals surface area contributed by atoms with E-state index in [1.54, 1.807) is 11.8 Å². The maximum Gasteiger partial charge on any atom is 0.191 e. The average Bonchev–Trinajstić information content (AvgIpc) is 2.81. The summed E-state index contributed by atoms with van der Waals surface area (Å²) < 4.78 is 2.11. The van der Waals surface area contributed by atoms with E-state index in [0.717, 1.165) is 49.0 Å². The van der Waals surface area contributed by atoms with Gasteiger partial charge in [-0.25, -0.2) is 0 Å². The highest BCUT2D eigenvalue weighted by molar-refractivity contribution is 7.99. The van der Waals surface area contributed by atoms with Crippen molar-refractivity contribution >= 4 is 11.8 Å². The lowest BCUT2D eigenvalue weighted by atomic mass is 9.89. The van der Waals surface area contributed by atoms with Crippen LogP contribution in [-0.4, -0.2) is 20.5 Å². The fraction of sp³-hybridized carbons (Fsp3) is 0.786. The first-order valence-electron chi connectivity index (χ1n) is 7.20. The SMILES string of the molecule is CCCn1c(CN)nnc1SCCCCC(C)(C)C#N. The lowest BCUT2D eigenvalue weighted by Crippen LogP contribution is -2.09. The molecule has 1 aromatic heterocycles. The lowest BCUT2D eigenvalue weighted by Gasteiger charge is -2.14. The Bertz CT molecular complexity index is 447. The van der Waals surface area contributed by atoms with Gasteiger partial charge >= 0.3 is 0 Å². The summed E-state index contributed by atoms with van der Waals surface area (Å²) in [6, 6.07) is 2.34. The molecule has 5 nitrogen and oxygen atoms in total. The Hall–Kier alpha value is -1.06. The fourth-order valence-electron chi connectivity index (χ4n) is 1.91. The predicted molar refractivity (Wildman–Crippen MR) is 82.2 cm³/mol. The zero-order chi connectivity index (χ0) is 15.0. The number of rotatable bonds is 9. The van der Waals surface area contributed by atoms with Crippen LogP contribution in [0.15, 0.2) is 5.16 Å². The zero-order valence-electron chi connectivity index (χ0n) is 12.7. The molecule has 6 heteroatoms. The summed E-state index contributed by atoms with van der Waals surface area (Å²) in [5.41, 5.74) is 5.46. The van der Waals surface area contributed by atoms with Gasteiger partial charge in [0.15, 0.2) is 5.16 Å². The Balaban J connectivity index is 2.39. The van der Waals surface area contributed by atoms with Gasteiger partial charge in [0.05, 0.1) is 18.0 Å². The Morgan fingerprint density at radius 1 is 1.35 bits per heavy atom. The van der Waals surface area contributed by atoms with E-state index in [-0.39, 0.29) is 5.41 Å². The number of hydrogen-bond donors (Lipinski definition) is 1. The monoisotopic (exact) mass is 295 g/mol. The molecule has 20 heavy (non-hydrogen) atoms. The number of thioether (sulfide) groups is 1. The van der Waals surface area contributed by atoms with Crippen LogP contribution in [0, 0.1) is 16.7 Å². The van der Waals surface area contributed by atoms with E-state index in [1.807, 2.05) is 13.8 Å². The molecule has 0 atom stereocenters. The van der Waals surface area contributed by atoms with Crippen LogP contribution in [0.3, 0.4) is 0 Å². The van der Waals surface area contributed by atoms with Gasteiger partial charge in [-0.1, -0.05) is 25.1 Å². The molecule has 1 heterocycles. The molecule has 0 aliphatic heterocycles. The summed E-state index contributed by atoms with van der Waals surface area (Å²) >= 11 is 1.73. The van der Waals surface area contributed by atoms with Crippen molar-refractivity contribution in [3.8, 4) is 6.07 Å². The van der Waals surface area contributed by atoms with Crippen molar-refractivity contribution < 1.29 is 0 Å².